The van der Waals surface area contributed by atoms with Crippen LogP contribution in [0.1, 0.15) is 0 Å². The van der Waals surface area contributed by atoms with E-state index in [1.165, 1.54) is 12.3 Å². The van der Waals surface area contributed by atoms with Crippen molar-refractivity contribution in [3.63, 3.8) is 0 Å². The van der Waals surface area contributed by atoms with Gasteiger partial charge in [-0.1, -0.05) is 0 Å². The van der Waals surface area contributed by atoms with E-state index in [1.807, 2.05) is 0 Å². The van der Waals surface area contributed by atoms with Crippen LogP contribution in [-0.2, 0) is 0 Å². The number of hydrogen-bond acceptors (Lipinski definition) is 3. The summed E-state index contributed by atoms with van der Waals surface area (Å²) in [5.41, 5.74) is 0.286. The minimum atomic E-state index is -0.249. The molecule has 0 saturated carbocycles. The number of fused-ring (bicyclic) bond motifs is 1. The Kier molecular flexibility index (Phi) is 2.96. The summed E-state index contributed by atoms with van der Waals surface area (Å²) in [4.78, 5) is 14.3. The Morgan fingerprint density at radius 3 is 3.18 bits per heavy atom. The van der Waals surface area contributed by atoms with Crippen LogP contribution in [0, 0.1) is 0 Å². The molecule has 0 atom stereocenters. The van der Waals surface area contributed by atoms with Crippen LogP contribution >= 0.6 is 0 Å². The molecule has 1 N–H and O–H groups in total. The Balaban J connectivity index is 0.000000605. The molecule has 0 aliphatic heterocycles. The Morgan fingerprint density at radius 2 is 2.36 bits per heavy atom. The zero-order valence-electron chi connectivity index (χ0n) is 5.98. The molecule has 0 amide bonds. The molecule has 0 unspecified atom stereocenters. The molecule has 0 saturated heterocycles. The third kappa shape index (κ3) is 1.77. The first-order valence-corrected chi connectivity index (χ1v) is 2.75. The average molecular weight is 175 g/mol. The van der Waals surface area contributed by atoms with E-state index < -0.39 is 0 Å². The Bertz CT molecular complexity index is 406. The molecule has 1 radical (unpaired) electrons. The normalized spacial score (nSPS) is 9.45. The van der Waals surface area contributed by atoms with Gasteiger partial charge < -0.3 is 0 Å². The zero-order chi connectivity index (χ0) is 6.97. The molecule has 0 aliphatic rings. The maximum atomic E-state index is 10.6. The zero-order valence-corrected chi connectivity index (χ0v) is 9.11. The summed E-state index contributed by atoms with van der Waals surface area (Å²) < 4.78 is 1.56. The molecule has 0 aromatic carbocycles. The van der Waals surface area contributed by atoms with E-state index in [2.05, 4.69) is 15.3 Å². The van der Waals surface area contributed by atoms with Gasteiger partial charge >= 0.3 is 0 Å². The largest absolute Gasteiger partial charge is 0.273 e. The third-order valence-electron chi connectivity index (χ3n) is 1.18. The van der Waals surface area contributed by atoms with Crippen molar-refractivity contribution in [1.82, 2.24) is 19.8 Å². The predicted molar refractivity (Wildman–Crippen MR) is 39.4 cm³/mol. The SMILES string of the molecule is O=c1ccn2[nH]ncc2n1.[K]. The molecular weight excluding hydrogens is 171 g/mol. The summed E-state index contributed by atoms with van der Waals surface area (Å²) in [7, 11) is 0. The molecule has 2 aromatic heterocycles. The first-order valence-electron chi connectivity index (χ1n) is 2.75. The van der Waals surface area contributed by atoms with Crippen molar-refractivity contribution in [2.75, 3.05) is 0 Å². The Hall–Kier alpha value is -0.0136. The fraction of sp³-hybridized carbons (Fsp3) is 0. The van der Waals surface area contributed by atoms with Crippen LogP contribution in [0.5, 0.6) is 0 Å². The van der Waals surface area contributed by atoms with E-state index in [0.29, 0.717) is 5.65 Å². The monoisotopic (exact) mass is 175 g/mol. The summed E-state index contributed by atoms with van der Waals surface area (Å²) in [5.74, 6) is 0. The number of nitrogens with zero attached hydrogens (tertiary/aromatic N) is 3. The molecule has 5 nitrogen and oxygen atoms in total. The predicted octanol–water partition coefficient (Wildman–Crippen LogP) is -0.963. The van der Waals surface area contributed by atoms with Crippen molar-refractivity contribution in [2.45, 2.75) is 0 Å². The van der Waals surface area contributed by atoms with Crippen molar-refractivity contribution < 1.29 is 0 Å². The van der Waals surface area contributed by atoms with Gasteiger partial charge in [0.05, 0.1) is 6.20 Å². The van der Waals surface area contributed by atoms with Crippen LogP contribution in [0.3, 0.4) is 0 Å². The second kappa shape index (κ2) is 3.59. The maximum Gasteiger partial charge on any atom is 0.273 e. The van der Waals surface area contributed by atoms with E-state index in [9.17, 15) is 4.79 Å². The molecule has 0 bridgehead atoms. The van der Waals surface area contributed by atoms with E-state index >= 15 is 0 Å². The van der Waals surface area contributed by atoms with Crippen LogP contribution in [0.4, 0.5) is 0 Å². The minimum absolute atomic E-state index is 0. The number of aromatic amines is 1. The Labute approximate surface area is 104 Å². The fourth-order valence-electron chi connectivity index (χ4n) is 0.743. The Morgan fingerprint density at radius 1 is 1.55 bits per heavy atom. The van der Waals surface area contributed by atoms with E-state index in [1.54, 1.807) is 10.7 Å². The molecule has 6 heteroatoms. The number of nitrogens with one attached hydrogen (secondary N) is 1. The van der Waals surface area contributed by atoms with Gasteiger partial charge in [-0.25, -0.2) is 9.73 Å². The van der Waals surface area contributed by atoms with Gasteiger partial charge in [-0.05, 0) is 0 Å². The summed E-state index contributed by atoms with van der Waals surface area (Å²) >= 11 is 0. The maximum absolute atomic E-state index is 10.6. The van der Waals surface area contributed by atoms with Gasteiger partial charge in [-0.2, -0.15) is 10.1 Å². The summed E-state index contributed by atoms with van der Waals surface area (Å²) in [5, 5.41) is 6.29. The van der Waals surface area contributed by atoms with E-state index in [0.717, 1.165) is 0 Å². The molecule has 0 fully saturated rings. The van der Waals surface area contributed by atoms with Crippen LogP contribution in [-0.4, -0.2) is 71.2 Å². The van der Waals surface area contributed by atoms with Gasteiger partial charge in [0, 0.05) is 63.6 Å². The van der Waals surface area contributed by atoms with Gasteiger partial charge in [-0.15, -0.1) is 0 Å². The van der Waals surface area contributed by atoms with E-state index in [-0.39, 0.29) is 56.9 Å². The van der Waals surface area contributed by atoms with Gasteiger partial charge in [0.15, 0.2) is 5.65 Å². The van der Waals surface area contributed by atoms with Gasteiger partial charge in [0.2, 0.25) is 0 Å². The topological polar surface area (TPSA) is 63.0 Å². The summed E-state index contributed by atoms with van der Waals surface area (Å²) in [6.07, 6.45) is 3.07. The molecule has 51 valence electrons. The van der Waals surface area contributed by atoms with Crippen molar-refractivity contribution in [2.24, 2.45) is 0 Å². The molecule has 11 heavy (non-hydrogen) atoms. The quantitative estimate of drug-likeness (QED) is 0.524. The first kappa shape index (κ1) is 9.08. The molecule has 0 spiro atoms. The van der Waals surface area contributed by atoms with Crippen LogP contribution in [0.25, 0.3) is 5.65 Å². The van der Waals surface area contributed by atoms with Crippen molar-refractivity contribution in [1.29, 1.82) is 0 Å². The number of hydrogen-bond donors (Lipinski definition) is 1. The molecule has 0 aliphatic carbocycles. The van der Waals surface area contributed by atoms with Crippen LogP contribution < -0.4 is 5.56 Å². The van der Waals surface area contributed by atoms with Crippen LogP contribution in [0.15, 0.2) is 23.3 Å². The van der Waals surface area contributed by atoms with Crippen molar-refractivity contribution >= 4 is 57.0 Å². The second-order valence-electron chi connectivity index (χ2n) is 1.85. The number of H-pyrrole nitrogens is 1. The van der Waals surface area contributed by atoms with Crippen molar-refractivity contribution in [3.8, 4) is 0 Å². The second-order valence-corrected chi connectivity index (χ2v) is 1.85. The average Bonchev–Trinajstić information content (AvgIpc) is 2.33. The van der Waals surface area contributed by atoms with Crippen LogP contribution in [0.2, 0.25) is 0 Å². The number of aromatic nitrogens is 4. The first-order chi connectivity index (χ1) is 4.86. The molecule has 2 aromatic rings. The molecule has 2 rings (SSSR count). The minimum Gasteiger partial charge on any atom is -0.267 e. The third-order valence-corrected chi connectivity index (χ3v) is 1.18. The summed E-state index contributed by atoms with van der Waals surface area (Å²) in [6.45, 7) is 0. The number of rotatable bonds is 0. The summed E-state index contributed by atoms with van der Waals surface area (Å²) in [6, 6.07) is 1.37. The molecular formula is C5H4KN4O. The van der Waals surface area contributed by atoms with E-state index in [4.69, 9.17) is 0 Å². The van der Waals surface area contributed by atoms with Crippen molar-refractivity contribution in [3.05, 3.63) is 28.8 Å². The standard InChI is InChI=1S/C5H4N4O.K/c10-5-1-2-9-4(7-5)3-6-8-9;/h1-3,8H;. The fourth-order valence-corrected chi connectivity index (χ4v) is 0.743. The smallest absolute Gasteiger partial charge is 0.267 e. The van der Waals surface area contributed by atoms with Gasteiger partial charge in [0.1, 0.15) is 0 Å². The molecule has 2 heterocycles. The van der Waals surface area contributed by atoms with Gasteiger partial charge in [-0.3, -0.25) is 4.79 Å². The van der Waals surface area contributed by atoms with Gasteiger partial charge in [0.25, 0.3) is 5.56 Å².